The van der Waals surface area contributed by atoms with Gasteiger partial charge in [-0.15, -0.1) is 0 Å². The number of halogens is 1. The third kappa shape index (κ3) is 3.21. The Balaban J connectivity index is 2.86. The number of anilines is 1. The molecule has 0 unspecified atom stereocenters. The molecule has 0 atom stereocenters. The molecule has 0 aromatic heterocycles. The van der Waals surface area contributed by atoms with Crippen molar-refractivity contribution in [3.63, 3.8) is 0 Å². The summed E-state index contributed by atoms with van der Waals surface area (Å²) in [6.07, 6.45) is 0.852. The lowest BCUT2D eigenvalue weighted by Crippen LogP contribution is -2.16. The Bertz CT molecular complexity index is 355. The zero-order chi connectivity index (χ0) is 11.3. The predicted octanol–water partition coefficient (Wildman–Crippen LogP) is 1.31. The first-order valence-corrected chi connectivity index (χ1v) is 5.48. The van der Waals surface area contributed by atoms with Crippen LogP contribution in [-0.2, 0) is 0 Å². The van der Waals surface area contributed by atoms with Crippen molar-refractivity contribution in [3.8, 4) is 0 Å². The molecule has 0 bridgehead atoms. The van der Waals surface area contributed by atoms with E-state index in [9.17, 15) is 4.79 Å². The standard InChI is InChI=1S/C10H14BrN3O/c11-7-3-1-4-8(9(7)10(13)15)14-6-2-5-12/h1,3-4,14H,2,5-6,12H2,(H2,13,15). The lowest BCUT2D eigenvalue weighted by Gasteiger charge is -2.10. The van der Waals surface area contributed by atoms with Gasteiger partial charge in [0.1, 0.15) is 0 Å². The average Bonchev–Trinajstić information content (AvgIpc) is 2.17. The molecular formula is C10H14BrN3O. The highest BCUT2D eigenvalue weighted by atomic mass is 79.9. The Morgan fingerprint density at radius 2 is 2.20 bits per heavy atom. The van der Waals surface area contributed by atoms with E-state index in [1.807, 2.05) is 12.1 Å². The molecule has 1 aromatic rings. The van der Waals surface area contributed by atoms with Crippen LogP contribution in [0.4, 0.5) is 5.69 Å². The van der Waals surface area contributed by atoms with Crippen LogP contribution >= 0.6 is 15.9 Å². The van der Waals surface area contributed by atoms with Gasteiger partial charge in [0.05, 0.1) is 5.56 Å². The van der Waals surface area contributed by atoms with E-state index in [2.05, 4.69) is 21.2 Å². The average molecular weight is 272 g/mol. The van der Waals surface area contributed by atoms with E-state index < -0.39 is 5.91 Å². The van der Waals surface area contributed by atoms with Gasteiger partial charge in [-0.1, -0.05) is 6.07 Å². The van der Waals surface area contributed by atoms with Gasteiger partial charge in [-0.25, -0.2) is 0 Å². The first-order valence-electron chi connectivity index (χ1n) is 4.69. The lowest BCUT2D eigenvalue weighted by atomic mass is 10.1. The number of carbonyl (C=O) groups is 1. The van der Waals surface area contributed by atoms with Gasteiger partial charge in [-0.3, -0.25) is 4.79 Å². The highest BCUT2D eigenvalue weighted by molar-refractivity contribution is 9.10. The molecule has 1 rings (SSSR count). The molecule has 1 amide bonds. The molecule has 5 N–H and O–H groups in total. The summed E-state index contributed by atoms with van der Waals surface area (Å²) in [6.45, 7) is 1.35. The Morgan fingerprint density at radius 1 is 1.47 bits per heavy atom. The first kappa shape index (κ1) is 12.0. The lowest BCUT2D eigenvalue weighted by molar-refractivity contribution is 0.100. The molecule has 0 heterocycles. The highest BCUT2D eigenvalue weighted by Gasteiger charge is 2.11. The smallest absolute Gasteiger partial charge is 0.251 e. The van der Waals surface area contributed by atoms with Gasteiger partial charge >= 0.3 is 0 Å². The number of hydrogen-bond donors (Lipinski definition) is 3. The van der Waals surface area contributed by atoms with Crippen molar-refractivity contribution in [1.82, 2.24) is 0 Å². The van der Waals surface area contributed by atoms with Crippen LogP contribution < -0.4 is 16.8 Å². The molecule has 1 aromatic carbocycles. The third-order valence-corrected chi connectivity index (χ3v) is 2.62. The summed E-state index contributed by atoms with van der Waals surface area (Å²) in [5.41, 5.74) is 11.9. The van der Waals surface area contributed by atoms with E-state index in [0.29, 0.717) is 16.6 Å². The number of nitrogens with two attached hydrogens (primary N) is 2. The predicted molar refractivity (Wildman–Crippen MR) is 64.8 cm³/mol. The molecule has 0 saturated carbocycles. The van der Waals surface area contributed by atoms with Crippen LogP contribution in [0.15, 0.2) is 22.7 Å². The van der Waals surface area contributed by atoms with E-state index >= 15 is 0 Å². The van der Waals surface area contributed by atoms with E-state index in [1.54, 1.807) is 6.07 Å². The molecule has 15 heavy (non-hydrogen) atoms. The van der Waals surface area contributed by atoms with E-state index in [1.165, 1.54) is 0 Å². The molecule has 0 fully saturated rings. The Morgan fingerprint density at radius 3 is 2.80 bits per heavy atom. The van der Waals surface area contributed by atoms with Crippen LogP contribution in [0.5, 0.6) is 0 Å². The van der Waals surface area contributed by atoms with Crippen LogP contribution in [0.25, 0.3) is 0 Å². The van der Waals surface area contributed by atoms with Crippen LogP contribution in [-0.4, -0.2) is 19.0 Å². The fourth-order valence-corrected chi connectivity index (χ4v) is 1.81. The molecule has 0 aliphatic heterocycles. The van der Waals surface area contributed by atoms with Gasteiger partial charge < -0.3 is 16.8 Å². The summed E-state index contributed by atoms with van der Waals surface area (Å²) < 4.78 is 0.702. The Kier molecular flexibility index (Phi) is 4.58. The molecule has 5 heteroatoms. The molecular weight excluding hydrogens is 258 g/mol. The fourth-order valence-electron chi connectivity index (χ4n) is 1.25. The normalized spacial score (nSPS) is 10.0. The molecule has 0 aliphatic carbocycles. The Hall–Kier alpha value is -1.07. The minimum Gasteiger partial charge on any atom is -0.384 e. The number of hydrogen-bond acceptors (Lipinski definition) is 3. The molecule has 82 valence electrons. The van der Waals surface area contributed by atoms with E-state index in [0.717, 1.165) is 18.7 Å². The second-order valence-corrected chi connectivity index (χ2v) is 3.95. The topological polar surface area (TPSA) is 81.1 Å². The maximum absolute atomic E-state index is 11.2. The summed E-state index contributed by atoms with van der Waals surface area (Å²) in [4.78, 5) is 11.2. The quantitative estimate of drug-likeness (QED) is 0.707. The second-order valence-electron chi connectivity index (χ2n) is 3.10. The largest absolute Gasteiger partial charge is 0.384 e. The summed E-state index contributed by atoms with van der Waals surface area (Å²) in [5, 5.41) is 3.13. The third-order valence-electron chi connectivity index (χ3n) is 1.96. The molecule has 4 nitrogen and oxygen atoms in total. The minimum absolute atomic E-state index is 0.447. The van der Waals surface area contributed by atoms with Crippen molar-refractivity contribution >= 4 is 27.5 Å². The van der Waals surface area contributed by atoms with Gasteiger partial charge in [-0.2, -0.15) is 0 Å². The number of amides is 1. The number of rotatable bonds is 5. The first-order chi connectivity index (χ1) is 7.16. The zero-order valence-electron chi connectivity index (χ0n) is 8.29. The van der Waals surface area contributed by atoms with Crippen molar-refractivity contribution in [1.29, 1.82) is 0 Å². The van der Waals surface area contributed by atoms with Crippen LogP contribution in [0.3, 0.4) is 0 Å². The van der Waals surface area contributed by atoms with Gasteiger partial charge in [0.2, 0.25) is 0 Å². The van der Waals surface area contributed by atoms with Gasteiger partial charge in [-0.05, 0) is 41.0 Å². The fraction of sp³-hybridized carbons (Fsp3) is 0.300. The van der Waals surface area contributed by atoms with Crippen LogP contribution in [0, 0.1) is 0 Å². The van der Waals surface area contributed by atoms with Crippen molar-refractivity contribution in [3.05, 3.63) is 28.2 Å². The van der Waals surface area contributed by atoms with Gasteiger partial charge in [0, 0.05) is 16.7 Å². The van der Waals surface area contributed by atoms with Crippen molar-refractivity contribution in [2.45, 2.75) is 6.42 Å². The minimum atomic E-state index is -0.447. The molecule has 0 aliphatic rings. The SMILES string of the molecule is NCCCNc1cccc(Br)c1C(N)=O. The molecule has 0 saturated heterocycles. The Labute approximate surface area is 97.1 Å². The highest BCUT2D eigenvalue weighted by Crippen LogP contribution is 2.24. The monoisotopic (exact) mass is 271 g/mol. The summed E-state index contributed by atoms with van der Waals surface area (Å²) in [6, 6.07) is 5.46. The van der Waals surface area contributed by atoms with Gasteiger partial charge in [0.15, 0.2) is 0 Å². The van der Waals surface area contributed by atoms with Crippen molar-refractivity contribution in [2.24, 2.45) is 11.5 Å². The summed E-state index contributed by atoms with van der Waals surface area (Å²) in [5.74, 6) is -0.447. The molecule has 0 radical (unpaired) electrons. The maximum atomic E-state index is 11.2. The maximum Gasteiger partial charge on any atom is 0.251 e. The van der Waals surface area contributed by atoms with Crippen molar-refractivity contribution in [2.75, 3.05) is 18.4 Å². The summed E-state index contributed by atoms with van der Waals surface area (Å²) in [7, 11) is 0. The van der Waals surface area contributed by atoms with Crippen LogP contribution in [0.1, 0.15) is 16.8 Å². The van der Waals surface area contributed by atoms with Gasteiger partial charge in [0.25, 0.3) is 5.91 Å². The zero-order valence-corrected chi connectivity index (χ0v) is 9.88. The van der Waals surface area contributed by atoms with E-state index in [-0.39, 0.29) is 0 Å². The number of carbonyl (C=O) groups excluding carboxylic acids is 1. The molecule has 0 spiro atoms. The second kappa shape index (κ2) is 5.72. The van der Waals surface area contributed by atoms with Crippen LogP contribution in [0.2, 0.25) is 0 Å². The number of nitrogens with one attached hydrogen (secondary N) is 1. The summed E-state index contributed by atoms with van der Waals surface area (Å²) >= 11 is 3.29. The van der Waals surface area contributed by atoms with Crippen molar-refractivity contribution < 1.29 is 4.79 Å². The number of benzene rings is 1. The number of primary amides is 1. The van der Waals surface area contributed by atoms with E-state index in [4.69, 9.17) is 11.5 Å².